The number of imidazole rings is 1. The lowest BCUT2D eigenvalue weighted by molar-refractivity contribution is -0.145. The van der Waals surface area contributed by atoms with Crippen LogP contribution in [0.5, 0.6) is 11.5 Å². The van der Waals surface area contributed by atoms with Crippen LogP contribution >= 0.6 is 27.7 Å². The molecule has 49 heteroatoms. The van der Waals surface area contributed by atoms with Crippen LogP contribution < -0.4 is 33.0 Å². The quantitative estimate of drug-likeness (QED) is 0.0201. The number of carbonyl (C=O) groups excluding carboxylic acids is 1. The molecule has 29 nitrogen and oxygen atoms in total. The largest absolute Gasteiger partial charge is 0.457 e. The van der Waals surface area contributed by atoms with Gasteiger partial charge in [-0.05, 0) is 114 Å². The number of aryl methyl sites for hydroxylation is 1. The van der Waals surface area contributed by atoms with Crippen molar-refractivity contribution < 1.29 is 117 Å². The van der Waals surface area contributed by atoms with Gasteiger partial charge in [0.15, 0.2) is 11.5 Å². The molecule has 1 aromatic carbocycles. The summed E-state index contributed by atoms with van der Waals surface area (Å²) in [5.74, 6) is 2.38. The van der Waals surface area contributed by atoms with Crippen LogP contribution in [-0.2, 0) is 116 Å². The van der Waals surface area contributed by atoms with Gasteiger partial charge in [-0.3, -0.25) is 33.6 Å². The number of hydrogen-bond acceptors (Lipinski definition) is 23. The molecule has 6 aliphatic heterocycles. The smallest absolute Gasteiger partial charge is 0.435 e. The van der Waals surface area contributed by atoms with Crippen molar-refractivity contribution in [2.24, 2.45) is 42.6 Å². The number of nitrogen functional groups attached to an aromatic ring is 4. The number of benzene rings is 1. The van der Waals surface area contributed by atoms with E-state index < -0.39 is 71.2 Å². The molecule has 0 saturated carbocycles. The van der Waals surface area contributed by atoms with E-state index in [2.05, 4.69) is 61.8 Å². The number of nitrogens with zero attached hydrogens (tertiary/aromatic N) is 15. The first kappa shape index (κ1) is 100. The number of thioether (sulfide) groups is 1. The Kier molecular flexibility index (Phi) is 36.5. The molecule has 6 fully saturated rings. The molecule has 15 rings (SSSR count). The number of nitriles is 1. The number of aromatic amines is 1. The number of alkyl halides is 19. The van der Waals surface area contributed by atoms with Gasteiger partial charge < -0.3 is 66.0 Å². The van der Waals surface area contributed by atoms with Crippen molar-refractivity contribution in [3.05, 3.63) is 113 Å². The highest BCUT2D eigenvalue weighted by atomic mass is 79.9. The maximum Gasteiger partial charge on any atom is 0.435 e. The number of pyridine rings is 1. The van der Waals surface area contributed by atoms with Crippen LogP contribution in [0.3, 0.4) is 0 Å². The number of ketones is 1. The lowest BCUT2D eigenvalue weighted by Gasteiger charge is -2.23. The molecule has 0 spiro atoms. The minimum Gasteiger partial charge on any atom is -0.457 e. The Labute approximate surface area is 722 Å². The van der Waals surface area contributed by atoms with Gasteiger partial charge in [0.1, 0.15) is 79.5 Å². The number of hydrogen-bond donors (Lipinski definition) is 6. The second kappa shape index (κ2) is 45.9. The number of anilines is 6. The Morgan fingerprint density at radius 3 is 1.37 bits per heavy atom. The molecule has 0 bridgehead atoms. The van der Waals surface area contributed by atoms with E-state index in [0.717, 1.165) is 144 Å². The number of Topliss-reactive ketones (excluding diaryl/α,β-unsaturated/α-hetero) is 1. The van der Waals surface area contributed by atoms with Crippen molar-refractivity contribution in [1.82, 2.24) is 73.6 Å². The normalized spacial score (nSPS) is 19.1. The number of halogens is 19. The van der Waals surface area contributed by atoms with Crippen molar-refractivity contribution in [2.45, 2.75) is 165 Å². The molecule has 5 unspecified atom stereocenters. The van der Waals surface area contributed by atoms with Crippen molar-refractivity contribution in [3.63, 3.8) is 0 Å². The average Bonchev–Trinajstić information content (AvgIpc) is 1.63. The summed E-state index contributed by atoms with van der Waals surface area (Å²) >= 11 is 4.06. The Bertz CT molecular complexity index is 4810. The van der Waals surface area contributed by atoms with Gasteiger partial charge in [-0.1, -0.05) is 15.9 Å². The average molecular weight is 1900 g/mol. The summed E-state index contributed by atoms with van der Waals surface area (Å²) in [6, 6.07) is 13.9. The molecular weight excluding hydrogens is 1800 g/mol. The standard InChI is InChI=1S/C26H27F3N6O3.C11H12F3N3OS.3C10H14F3N3O.C6H11BrO.C4H4F3N3/c1-16(36)10-18-11-20(7-8-30-18)38-19-5-6-21-22(12-19)34(2)25(31-21)32-24-13-23(26(27,28)29)35(33-24)14-17-4-3-9-37-15-17;12-11(13,14)9-4-10(19-7-15)16-17(9)5-8-2-1-3-18-6-8;11-10(12,13)8-5-9(14)16(15-8)6-7-1-3-17-4-2-7;2*11-10(12,13)8-4-9(14)15-16(8)5-7-2-1-3-17-6-7;7-4-6-2-1-3-8-5-6;5-4(6,7)2-1-3(8)10-9-2/h5-8,11-13,17H,3-4,9-10,14-15H2,1-2H3,(H,31,32,33);4,8H,1-3,5-6H2;5,7H,1-4,6,14H2;2*4,7H,1-3,5-6H2,(H2,14,15);6H,1-5H2;1H,(H3,8,9,10). The number of nitrogens with one attached hydrogen (secondary N) is 2. The number of nitrogens with two attached hydrogens (primary N) is 4. The molecule has 8 aromatic heterocycles. The predicted molar refractivity (Wildman–Crippen MR) is 427 cm³/mol. The van der Waals surface area contributed by atoms with Crippen LogP contribution in [0.15, 0.2) is 78.0 Å². The van der Waals surface area contributed by atoms with E-state index >= 15 is 0 Å². The van der Waals surface area contributed by atoms with Gasteiger partial charge in [0.05, 0.1) is 49.8 Å². The summed E-state index contributed by atoms with van der Waals surface area (Å²) in [6.07, 6.45) is -13.8. The van der Waals surface area contributed by atoms with Crippen molar-refractivity contribution in [2.75, 3.05) is 113 Å². The maximum atomic E-state index is 13.7. The third kappa shape index (κ3) is 31.7. The van der Waals surface area contributed by atoms with Crippen LogP contribution in [0.1, 0.15) is 124 Å². The van der Waals surface area contributed by atoms with E-state index in [0.29, 0.717) is 119 Å². The number of thiocyanates is 1. The van der Waals surface area contributed by atoms with E-state index in [1.165, 1.54) is 24.4 Å². The molecule has 0 aliphatic carbocycles. The number of ether oxygens (including phenoxy) is 7. The maximum absolute atomic E-state index is 13.7. The topological polar surface area (TPSA) is 370 Å². The van der Waals surface area contributed by atoms with Gasteiger partial charge in [0.25, 0.3) is 0 Å². The molecule has 5 atom stereocenters. The number of carbonyl (C=O) groups is 1. The summed E-state index contributed by atoms with van der Waals surface area (Å²) in [4.78, 5) is 20.1. The molecule has 0 amide bonds. The zero-order valence-electron chi connectivity index (χ0n) is 68.2. The van der Waals surface area contributed by atoms with Crippen LogP contribution in [0.25, 0.3) is 11.0 Å². The minimum absolute atomic E-state index is 0.00109. The lowest BCUT2D eigenvalue weighted by Crippen LogP contribution is -2.25. The monoisotopic (exact) mass is 1900 g/mol. The van der Waals surface area contributed by atoms with Gasteiger partial charge in [-0.25, -0.2) is 9.67 Å². The molecule has 6 saturated heterocycles. The second-order valence-electron chi connectivity index (χ2n) is 30.3. The third-order valence-corrected chi connectivity index (χ3v) is 21.4. The van der Waals surface area contributed by atoms with E-state index in [1.807, 2.05) is 0 Å². The summed E-state index contributed by atoms with van der Waals surface area (Å²) in [5.41, 5.74) is 18.0. The van der Waals surface area contributed by atoms with Crippen molar-refractivity contribution in [1.29, 1.82) is 5.26 Å². The van der Waals surface area contributed by atoms with Crippen molar-refractivity contribution >= 4 is 79.5 Å². The van der Waals surface area contributed by atoms with E-state index in [4.69, 9.17) is 61.4 Å². The highest BCUT2D eigenvalue weighted by Gasteiger charge is 2.42. The SMILES string of the molecule is BrCC1CCCOC1.CC(=O)Cc1cc(Oc2ccc3nc(Nc4cc(C(F)(F)F)n(CC5CCCOC5)n4)n(C)c3c2)ccn1.N#CSc1cc(C(F)(F)F)n(CC2CCCOC2)n1.Nc1cc(C(F)(F)F)[nH]n1.Nc1cc(C(F)(F)F)n(CC2CCCOC2)n1.Nc1cc(C(F)(F)F)n(CC2CCCOC2)n1.Nc1cc(C(F)(F)F)nn1CC1CCOCC1. The molecular formula is C77H96BrF18N21O8S. The molecule has 14 heterocycles. The fraction of sp³-hybridized carbons (Fsp3) is 0.584. The van der Waals surface area contributed by atoms with E-state index in [9.17, 15) is 83.8 Å². The molecule has 10 N–H and O–H groups in total. The van der Waals surface area contributed by atoms with Gasteiger partial charge in [0.2, 0.25) is 5.95 Å². The number of aromatic nitrogens is 15. The Morgan fingerprint density at radius 1 is 0.516 bits per heavy atom. The van der Waals surface area contributed by atoms with Crippen molar-refractivity contribution in [3.8, 4) is 16.9 Å². The second-order valence-corrected chi connectivity index (χ2v) is 31.8. The summed E-state index contributed by atoms with van der Waals surface area (Å²) in [5, 5.41) is 38.1. The summed E-state index contributed by atoms with van der Waals surface area (Å²) in [6.45, 7) is 10.4. The number of rotatable bonds is 18. The van der Waals surface area contributed by atoms with Gasteiger partial charge in [-0.15, -0.1) is 0 Å². The van der Waals surface area contributed by atoms with Gasteiger partial charge in [0, 0.05) is 188 Å². The molecule has 0 radical (unpaired) electrons. The highest BCUT2D eigenvalue weighted by molar-refractivity contribution is 9.09. The fourth-order valence-electron chi connectivity index (χ4n) is 13.9. The molecule has 9 aromatic rings. The third-order valence-electron chi connectivity index (χ3n) is 20.0. The van der Waals surface area contributed by atoms with Crippen LogP contribution in [0, 0.1) is 46.2 Å². The first-order valence-corrected chi connectivity index (χ1v) is 41.8. The fourth-order valence-corrected chi connectivity index (χ4v) is 14.8. The lowest BCUT2D eigenvalue weighted by atomic mass is 10.0. The molecule has 696 valence electrons. The molecule has 6 aliphatic rings. The Hall–Kier alpha value is -9.61. The zero-order valence-corrected chi connectivity index (χ0v) is 70.6. The van der Waals surface area contributed by atoms with Crippen LogP contribution in [-0.4, -0.2) is 164 Å². The summed E-state index contributed by atoms with van der Waals surface area (Å²) < 4.78 is 272. The number of fused-ring (bicyclic) bond motifs is 1. The first-order valence-electron chi connectivity index (χ1n) is 39.8. The molecule has 126 heavy (non-hydrogen) atoms. The van der Waals surface area contributed by atoms with Gasteiger partial charge >= 0.3 is 37.1 Å². The predicted octanol–water partition coefficient (Wildman–Crippen LogP) is 16.7. The first-order chi connectivity index (χ1) is 59.5. The Morgan fingerprint density at radius 2 is 0.968 bits per heavy atom. The Balaban J connectivity index is 0.000000176. The van der Waals surface area contributed by atoms with Gasteiger partial charge in [-0.2, -0.15) is 115 Å². The van der Waals surface area contributed by atoms with Crippen LogP contribution in [0.4, 0.5) is 114 Å². The van der Waals surface area contributed by atoms with Crippen LogP contribution in [0.2, 0.25) is 0 Å². The van der Waals surface area contributed by atoms with E-state index in [1.54, 1.807) is 58.6 Å². The minimum atomic E-state index is -4.54. The number of H-pyrrole nitrogens is 1. The summed E-state index contributed by atoms with van der Waals surface area (Å²) in [7, 11) is 1.75. The zero-order chi connectivity index (χ0) is 91.7. The van der Waals surface area contributed by atoms with E-state index in [-0.39, 0.29) is 102 Å². The highest BCUT2D eigenvalue weighted by Crippen LogP contribution is 2.39.